The summed E-state index contributed by atoms with van der Waals surface area (Å²) in [5.41, 5.74) is -0.299. The van der Waals surface area contributed by atoms with Crippen molar-refractivity contribution >= 4 is 0 Å². The average molecular weight is 264 g/mol. The quantitative estimate of drug-likeness (QED) is 0.889. The van der Waals surface area contributed by atoms with Gasteiger partial charge in [0.25, 0.3) is 0 Å². The van der Waals surface area contributed by atoms with Crippen molar-refractivity contribution in [3.05, 3.63) is 29.8 Å². The number of alkyl halides is 3. The van der Waals surface area contributed by atoms with Gasteiger partial charge in [0, 0.05) is 15.7 Å². The number of benzene rings is 1. The molecule has 5 heteroatoms. The van der Waals surface area contributed by atoms with Crippen molar-refractivity contribution in [2.45, 2.75) is 45.6 Å². The highest BCUT2D eigenvalue weighted by atomic mass is 19.4. The highest BCUT2D eigenvalue weighted by Crippen LogP contribution is 2.26. The van der Waals surface area contributed by atoms with E-state index in [2.05, 4.69) is 10.1 Å². The van der Waals surface area contributed by atoms with Gasteiger partial charge in [0.1, 0.15) is 5.75 Å². The predicted molar refractivity (Wildman–Crippen MR) is 64.4 cm³/mol. The van der Waals surface area contributed by atoms with Gasteiger partial charge in [-0.05, 0) is 45.3 Å². The van der Waals surface area contributed by atoms with Crippen LogP contribution in [0.25, 0.3) is 0 Å². The van der Waals surface area contributed by atoms with E-state index < -0.39 is 30.5 Å². The molecule has 0 bridgehead atoms. The molecule has 0 aliphatic rings. The van der Waals surface area contributed by atoms with E-state index in [4.69, 9.17) is 4.11 Å². The molecule has 102 valence electrons. The van der Waals surface area contributed by atoms with Crippen LogP contribution in [0.5, 0.6) is 5.75 Å². The largest absolute Gasteiger partial charge is 0.573 e. The lowest BCUT2D eigenvalue weighted by molar-refractivity contribution is -0.274. The number of hydrogen-bond donors (Lipinski definition) is 1. The van der Waals surface area contributed by atoms with Gasteiger partial charge in [-0.1, -0.05) is 12.1 Å². The van der Waals surface area contributed by atoms with Crippen LogP contribution in [-0.2, 0) is 0 Å². The lowest BCUT2D eigenvalue weighted by atomic mass is 10.0. The molecule has 0 aromatic heterocycles. The van der Waals surface area contributed by atoms with Crippen LogP contribution in [0.1, 0.15) is 43.3 Å². The van der Waals surface area contributed by atoms with E-state index in [1.165, 1.54) is 12.1 Å². The number of hydrogen-bond acceptors (Lipinski definition) is 2. The first-order valence-electron chi connectivity index (χ1n) is 6.91. The maximum Gasteiger partial charge on any atom is 0.573 e. The minimum absolute atomic E-state index is 0.215. The topological polar surface area (TPSA) is 21.3 Å². The highest BCUT2D eigenvalue weighted by molar-refractivity contribution is 5.30. The van der Waals surface area contributed by atoms with Crippen molar-refractivity contribution < 1.29 is 22.0 Å². The fourth-order valence-electron chi connectivity index (χ4n) is 1.41. The first-order valence-corrected chi connectivity index (χ1v) is 5.41. The van der Waals surface area contributed by atoms with Crippen LogP contribution in [-0.4, -0.2) is 11.9 Å². The Labute approximate surface area is 109 Å². The monoisotopic (exact) mass is 264 g/mol. The zero-order valence-corrected chi connectivity index (χ0v) is 10.4. The van der Waals surface area contributed by atoms with Gasteiger partial charge >= 0.3 is 6.36 Å². The summed E-state index contributed by atoms with van der Waals surface area (Å²) < 4.78 is 63.2. The van der Waals surface area contributed by atoms with Gasteiger partial charge in [-0.3, -0.25) is 0 Å². The summed E-state index contributed by atoms with van der Waals surface area (Å²) in [5, 5.41) is 2.90. The van der Waals surface area contributed by atoms with E-state index in [1.54, 1.807) is 20.8 Å². The number of nitrogens with one attached hydrogen (secondary N) is 1. The fourth-order valence-corrected chi connectivity index (χ4v) is 1.41. The molecule has 1 rings (SSSR count). The molecule has 0 amide bonds. The summed E-state index contributed by atoms with van der Waals surface area (Å²) in [6.07, 6.45) is -4.81. The van der Waals surface area contributed by atoms with Crippen LogP contribution in [0.2, 0.25) is 0 Å². The van der Waals surface area contributed by atoms with Crippen molar-refractivity contribution in [3.8, 4) is 5.75 Å². The second-order valence-electron chi connectivity index (χ2n) is 4.95. The van der Waals surface area contributed by atoms with Crippen molar-refractivity contribution in [3.63, 3.8) is 0 Å². The van der Waals surface area contributed by atoms with E-state index in [0.717, 1.165) is 12.1 Å². The number of ether oxygens (including phenoxy) is 1. The zero-order valence-electron chi connectivity index (χ0n) is 13.4. The lowest BCUT2D eigenvalue weighted by Gasteiger charge is -2.26. The van der Waals surface area contributed by atoms with Gasteiger partial charge in [-0.2, -0.15) is 0 Å². The molecule has 0 spiro atoms. The Morgan fingerprint density at radius 1 is 1.28 bits per heavy atom. The molecule has 1 aromatic rings. The van der Waals surface area contributed by atoms with Crippen LogP contribution in [0.3, 0.4) is 0 Å². The molecular weight excluding hydrogens is 243 g/mol. The molecule has 0 heterocycles. The molecule has 2 nitrogen and oxygen atoms in total. The SMILES string of the molecule is [2H]C([2H])([2H])[C@H](NC(C)(C)C)c1cccc(OC(F)(F)F)c1. The van der Waals surface area contributed by atoms with Crippen LogP contribution in [0.15, 0.2) is 24.3 Å². The van der Waals surface area contributed by atoms with Crippen LogP contribution < -0.4 is 10.1 Å². The Morgan fingerprint density at radius 2 is 1.94 bits per heavy atom. The van der Waals surface area contributed by atoms with Crippen molar-refractivity contribution in [1.82, 2.24) is 5.32 Å². The zero-order chi connectivity index (χ0) is 16.5. The van der Waals surface area contributed by atoms with E-state index in [-0.39, 0.29) is 5.56 Å². The van der Waals surface area contributed by atoms with Crippen molar-refractivity contribution in [1.29, 1.82) is 0 Å². The summed E-state index contributed by atoms with van der Waals surface area (Å²) in [6, 6.07) is 3.92. The van der Waals surface area contributed by atoms with Crippen molar-refractivity contribution in [2.75, 3.05) is 0 Å². The molecule has 18 heavy (non-hydrogen) atoms. The van der Waals surface area contributed by atoms with Gasteiger partial charge in [0.05, 0.1) is 0 Å². The van der Waals surface area contributed by atoms with Gasteiger partial charge in [-0.15, -0.1) is 13.2 Å². The molecule has 0 aliphatic heterocycles. The Morgan fingerprint density at radius 3 is 2.44 bits per heavy atom. The third-order valence-corrected chi connectivity index (χ3v) is 2.00. The molecule has 0 radical (unpaired) electrons. The second-order valence-corrected chi connectivity index (χ2v) is 4.95. The maximum absolute atomic E-state index is 12.2. The van der Waals surface area contributed by atoms with Crippen LogP contribution in [0.4, 0.5) is 13.2 Å². The minimum atomic E-state index is -4.81. The molecular formula is C13H18F3NO. The van der Waals surface area contributed by atoms with E-state index in [0.29, 0.717) is 0 Å². The molecule has 1 aromatic carbocycles. The first kappa shape index (κ1) is 10.7. The molecule has 0 unspecified atom stereocenters. The summed E-state index contributed by atoms with van der Waals surface area (Å²) in [4.78, 5) is 0. The van der Waals surface area contributed by atoms with Gasteiger partial charge in [-0.25, -0.2) is 0 Å². The van der Waals surface area contributed by atoms with Gasteiger partial charge in [0.2, 0.25) is 0 Å². The second kappa shape index (κ2) is 5.18. The summed E-state index contributed by atoms with van der Waals surface area (Å²) >= 11 is 0. The number of rotatable bonds is 3. The van der Waals surface area contributed by atoms with Crippen molar-refractivity contribution in [2.24, 2.45) is 0 Å². The van der Waals surface area contributed by atoms with Crippen LogP contribution >= 0.6 is 0 Å². The summed E-state index contributed by atoms with van der Waals surface area (Å²) in [5.74, 6) is -0.440. The summed E-state index contributed by atoms with van der Waals surface area (Å²) in [7, 11) is 0. The number of halogens is 3. The molecule has 1 atom stereocenters. The Hall–Kier alpha value is -1.23. The molecule has 0 saturated carbocycles. The molecule has 1 N–H and O–H groups in total. The smallest absolute Gasteiger partial charge is 0.406 e. The Balaban J connectivity index is 3.11. The fraction of sp³-hybridized carbons (Fsp3) is 0.538. The minimum Gasteiger partial charge on any atom is -0.406 e. The average Bonchev–Trinajstić information content (AvgIpc) is 2.21. The van der Waals surface area contributed by atoms with E-state index in [9.17, 15) is 13.2 Å². The summed E-state index contributed by atoms with van der Waals surface area (Å²) in [6.45, 7) is 2.94. The molecule has 0 aliphatic carbocycles. The first-order chi connectivity index (χ1) is 9.28. The van der Waals surface area contributed by atoms with Gasteiger partial charge in [0.15, 0.2) is 0 Å². The van der Waals surface area contributed by atoms with E-state index in [1.807, 2.05) is 0 Å². The van der Waals surface area contributed by atoms with E-state index >= 15 is 0 Å². The molecule has 0 saturated heterocycles. The van der Waals surface area contributed by atoms with Crippen LogP contribution in [0, 0.1) is 0 Å². The normalized spacial score (nSPS) is 17.6. The standard InChI is InChI=1S/C13H18F3NO/c1-9(17-12(2,3)4)10-6-5-7-11(8-10)18-13(14,15)16/h5-9,17H,1-4H3/t9-/m0/s1/i1D3. The Kier molecular flexibility index (Phi) is 3.07. The lowest BCUT2D eigenvalue weighted by Crippen LogP contribution is -2.37. The molecule has 0 fully saturated rings. The Bertz CT molecular complexity index is 481. The third kappa shape index (κ3) is 5.40. The predicted octanol–water partition coefficient (Wildman–Crippen LogP) is 4.03. The van der Waals surface area contributed by atoms with Gasteiger partial charge < -0.3 is 10.1 Å². The highest BCUT2D eigenvalue weighted by Gasteiger charge is 2.31. The maximum atomic E-state index is 12.2. The third-order valence-electron chi connectivity index (χ3n) is 2.00.